The number of hydrogen-bond acceptors (Lipinski definition) is 4. The van der Waals surface area contributed by atoms with E-state index in [0.717, 1.165) is 11.4 Å². The van der Waals surface area contributed by atoms with E-state index in [1.165, 1.54) is 0 Å². The van der Waals surface area contributed by atoms with Crippen LogP contribution in [0, 0.1) is 6.92 Å². The molecule has 1 atom stereocenters. The van der Waals surface area contributed by atoms with Crippen molar-refractivity contribution in [3.05, 3.63) is 17.5 Å². The van der Waals surface area contributed by atoms with Crippen LogP contribution < -0.4 is 0 Å². The Morgan fingerprint density at radius 3 is 2.87 bits per heavy atom. The van der Waals surface area contributed by atoms with Gasteiger partial charge < -0.3 is 9.84 Å². The molecule has 1 unspecified atom stereocenters. The minimum atomic E-state index is -1.11. The maximum atomic E-state index is 11.2. The lowest BCUT2D eigenvalue weighted by atomic mass is 10.2. The van der Waals surface area contributed by atoms with Gasteiger partial charge in [0, 0.05) is 19.2 Å². The summed E-state index contributed by atoms with van der Waals surface area (Å²) in [6.07, 6.45) is -0.879. The molecule has 1 rings (SSSR count). The van der Waals surface area contributed by atoms with Gasteiger partial charge in [-0.15, -0.1) is 0 Å². The quantitative estimate of drug-likeness (QED) is 0.724. The average Bonchev–Trinajstić information content (AvgIpc) is 2.45. The smallest absolute Gasteiger partial charge is 0.335 e. The van der Waals surface area contributed by atoms with E-state index in [9.17, 15) is 9.90 Å². The molecule has 0 bridgehead atoms. The first-order valence-corrected chi connectivity index (χ1v) is 4.88. The molecule has 1 heterocycles. The van der Waals surface area contributed by atoms with Crippen molar-refractivity contribution in [1.29, 1.82) is 0 Å². The molecule has 0 radical (unpaired) electrons. The van der Waals surface area contributed by atoms with Crippen LogP contribution in [-0.2, 0) is 23.0 Å². The summed E-state index contributed by atoms with van der Waals surface area (Å²) in [6, 6.07) is 1.84. The molecular formula is C10H16N2O3. The number of aliphatic hydroxyl groups is 1. The number of aryl methyl sites for hydroxylation is 2. The zero-order valence-corrected chi connectivity index (χ0v) is 9.23. The number of aromatic nitrogens is 2. The summed E-state index contributed by atoms with van der Waals surface area (Å²) in [5.41, 5.74) is 1.68. The molecule has 1 N–H and O–H groups in total. The van der Waals surface area contributed by atoms with Gasteiger partial charge in [0.1, 0.15) is 0 Å². The maximum Gasteiger partial charge on any atom is 0.335 e. The van der Waals surface area contributed by atoms with Crippen LogP contribution >= 0.6 is 0 Å². The number of carbonyl (C=O) groups is 1. The summed E-state index contributed by atoms with van der Waals surface area (Å²) in [5.74, 6) is -0.587. The first-order valence-electron chi connectivity index (χ1n) is 4.88. The number of aliphatic hydroxyl groups excluding tert-OH is 1. The molecule has 15 heavy (non-hydrogen) atoms. The summed E-state index contributed by atoms with van der Waals surface area (Å²) >= 11 is 0. The Bertz CT molecular complexity index is 346. The molecule has 1 aromatic heterocycles. The van der Waals surface area contributed by atoms with E-state index in [1.807, 2.05) is 13.0 Å². The predicted molar refractivity (Wildman–Crippen MR) is 54.3 cm³/mol. The molecule has 84 valence electrons. The molecule has 0 saturated carbocycles. The van der Waals surface area contributed by atoms with Crippen LogP contribution in [0.1, 0.15) is 18.3 Å². The van der Waals surface area contributed by atoms with Gasteiger partial charge in [0.2, 0.25) is 0 Å². The highest BCUT2D eigenvalue weighted by molar-refractivity contribution is 5.74. The van der Waals surface area contributed by atoms with Gasteiger partial charge in [0.15, 0.2) is 6.10 Å². The van der Waals surface area contributed by atoms with Crippen molar-refractivity contribution in [3.63, 3.8) is 0 Å². The van der Waals surface area contributed by atoms with Gasteiger partial charge in [-0.05, 0) is 19.9 Å². The molecule has 0 aliphatic carbocycles. The predicted octanol–water partition coefficient (Wildman–Crippen LogP) is 0.195. The normalized spacial score (nSPS) is 12.5. The van der Waals surface area contributed by atoms with E-state index in [1.54, 1.807) is 18.7 Å². The average molecular weight is 212 g/mol. The minimum Gasteiger partial charge on any atom is -0.464 e. The molecule has 0 aliphatic heterocycles. The van der Waals surface area contributed by atoms with Gasteiger partial charge >= 0.3 is 5.97 Å². The standard InChI is InChI=1S/C10H16N2O3/c1-4-15-10(14)9(13)6-8-5-7(2)11-12(8)3/h5,9,13H,4,6H2,1-3H3. The number of hydrogen-bond donors (Lipinski definition) is 1. The second kappa shape index (κ2) is 4.93. The van der Waals surface area contributed by atoms with E-state index >= 15 is 0 Å². The first-order chi connectivity index (χ1) is 7.04. The van der Waals surface area contributed by atoms with Crippen LogP contribution in [0.2, 0.25) is 0 Å². The largest absolute Gasteiger partial charge is 0.464 e. The zero-order valence-electron chi connectivity index (χ0n) is 9.23. The second-order valence-electron chi connectivity index (χ2n) is 3.37. The summed E-state index contributed by atoms with van der Waals surface area (Å²) in [4.78, 5) is 11.2. The van der Waals surface area contributed by atoms with Crippen LogP contribution in [0.15, 0.2) is 6.07 Å². The Balaban J connectivity index is 2.61. The molecule has 0 saturated heterocycles. The van der Waals surface area contributed by atoms with Gasteiger partial charge in [0.05, 0.1) is 12.3 Å². The summed E-state index contributed by atoms with van der Waals surface area (Å²) < 4.78 is 6.35. The molecule has 1 aromatic rings. The van der Waals surface area contributed by atoms with Gasteiger partial charge in [-0.25, -0.2) is 4.79 Å². The van der Waals surface area contributed by atoms with Crippen LogP contribution in [0.5, 0.6) is 0 Å². The van der Waals surface area contributed by atoms with Gasteiger partial charge in [-0.2, -0.15) is 5.10 Å². The van der Waals surface area contributed by atoms with Gasteiger partial charge in [-0.3, -0.25) is 4.68 Å². The monoisotopic (exact) mass is 212 g/mol. The van der Waals surface area contributed by atoms with E-state index in [4.69, 9.17) is 4.74 Å². The number of rotatable bonds is 4. The number of nitrogens with zero attached hydrogens (tertiary/aromatic N) is 2. The van der Waals surface area contributed by atoms with Crippen molar-refractivity contribution >= 4 is 5.97 Å². The number of carbonyl (C=O) groups excluding carboxylic acids is 1. The third-order valence-electron chi connectivity index (χ3n) is 2.06. The number of esters is 1. The summed E-state index contributed by atoms with van der Waals surface area (Å²) in [6.45, 7) is 3.85. The summed E-state index contributed by atoms with van der Waals surface area (Å²) in [5, 5.41) is 13.6. The van der Waals surface area contributed by atoms with Crippen molar-refractivity contribution in [2.45, 2.75) is 26.4 Å². The number of ether oxygens (including phenoxy) is 1. The molecule has 0 aliphatic rings. The van der Waals surface area contributed by atoms with Crippen molar-refractivity contribution < 1.29 is 14.6 Å². The van der Waals surface area contributed by atoms with Crippen molar-refractivity contribution in [1.82, 2.24) is 9.78 Å². The highest BCUT2D eigenvalue weighted by Gasteiger charge is 2.18. The van der Waals surface area contributed by atoms with E-state index in [0.29, 0.717) is 0 Å². The van der Waals surface area contributed by atoms with Crippen LogP contribution in [0.3, 0.4) is 0 Å². The van der Waals surface area contributed by atoms with E-state index in [2.05, 4.69) is 5.10 Å². The van der Waals surface area contributed by atoms with Gasteiger partial charge in [0.25, 0.3) is 0 Å². The fourth-order valence-electron chi connectivity index (χ4n) is 1.38. The fourth-order valence-corrected chi connectivity index (χ4v) is 1.38. The Labute approximate surface area is 88.7 Å². The molecular weight excluding hydrogens is 196 g/mol. The first kappa shape index (κ1) is 11.7. The van der Waals surface area contributed by atoms with Crippen molar-refractivity contribution in [3.8, 4) is 0 Å². The molecule has 0 aromatic carbocycles. The lowest BCUT2D eigenvalue weighted by Gasteiger charge is -2.09. The molecule has 5 nitrogen and oxygen atoms in total. The maximum absolute atomic E-state index is 11.2. The Kier molecular flexibility index (Phi) is 3.85. The van der Waals surface area contributed by atoms with Crippen LogP contribution in [0.25, 0.3) is 0 Å². The van der Waals surface area contributed by atoms with E-state index < -0.39 is 12.1 Å². The SMILES string of the molecule is CCOC(=O)C(O)Cc1cc(C)nn1C. The lowest BCUT2D eigenvalue weighted by molar-refractivity contribution is -0.152. The molecule has 0 fully saturated rings. The fraction of sp³-hybridized carbons (Fsp3) is 0.600. The van der Waals surface area contributed by atoms with Crippen molar-refractivity contribution in [2.75, 3.05) is 6.61 Å². The third-order valence-corrected chi connectivity index (χ3v) is 2.06. The third kappa shape index (κ3) is 3.06. The summed E-state index contributed by atoms with van der Waals surface area (Å²) in [7, 11) is 1.78. The molecule has 5 heteroatoms. The lowest BCUT2D eigenvalue weighted by Crippen LogP contribution is -2.26. The van der Waals surface area contributed by atoms with Gasteiger partial charge in [-0.1, -0.05) is 0 Å². The van der Waals surface area contributed by atoms with Crippen LogP contribution in [-0.4, -0.2) is 33.6 Å². The highest BCUT2D eigenvalue weighted by Crippen LogP contribution is 2.06. The second-order valence-corrected chi connectivity index (χ2v) is 3.37. The Hall–Kier alpha value is -1.36. The Morgan fingerprint density at radius 1 is 1.73 bits per heavy atom. The molecule has 0 spiro atoms. The van der Waals surface area contributed by atoms with Crippen LogP contribution in [0.4, 0.5) is 0 Å². The Morgan fingerprint density at radius 2 is 2.40 bits per heavy atom. The van der Waals surface area contributed by atoms with E-state index in [-0.39, 0.29) is 13.0 Å². The zero-order chi connectivity index (χ0) is 11.4. The topological polar surface area (TPSA) is 64.3 Å². The molecule has 0 amide bonds. The minimum absolute atomic E-state index is 0.232. The highest BCUT2D eigenvalue weighted by atomic mass is 16.5. The van der Waals surface area contributed by atoms with Crippen molar-refractivity contribution in [2.24, 2.45) is 7.05 Å².